The number of carbonyl (C=O) groups is 1. The zero-order chi connectivity index (χ0) is 17.4. The normalized spacial score (nSPS) is 12.5. The molecule has 0 radical (unpaired) electrons. The quantitative estimate of drug-likeness (QED) is 0.534. The number of Topliss-reactive ketones (excluding diaryl/α,β-unsaturated/α-hetero) is 1. The zero-order valence-corrected chi connectivity index (χ0v) is 14.1. The Balaban J connectivity index is 1.86. The van der Waals surface area contributed by atoms with E-state index < -0.39 is 22.7 Å². The zero-order valence-electron chi connectivity index (χ0n) is 13.2. The summed E-state index contributed by atoms with van der Waals surface area (Å²) in [6, 6.07) is 4.69. The molecule has 3 aromatic rings. The molecular weight excluding hydrogens is 334 g/mol. The van der Waals surface area contributed by atoms with E-state index in [0.717, 1.165) is 41.3 Å². The fraction of sp³-hybridized carbons (Fsp3) is 0.250. The lowest BCUT2D eigenvalue weighted by Crippen LogP contribution is -2.15. The van der Waals surface area contributed by atoms with Crippen molar-refractivity contribution >= 4 is 23.3 Å². The number of hydrogen-bond donors (Lipinski definition) is 0. The predicted octanol–water partition coefficient (Wildman–Crippen LogP) is 3.38. The molecule has 0 bridgehead atoms. The van der Waals surface area contributed by atoms with Crippen LogP contribution in [0.4, 0.5) is 8.78 Å². The highest BCUT2D eigenvalue weighted by Crippen LogP contribution is 2.24. The number of fused-ring (bicyclic) bond motifs is 1. The maximum Gasteiger partial charge on any atom is 0.253 e. The summed E-state index contributed by atoms with van der Waals surface area (Å²) in [6.07, 6.45) is 0. The van der Waals surface area contributed by atoms with Gasteiger partial charge in [-0.15, -0.1) is 5.10 Å². The summed E-state index contributed by atoms with van der Waals surface area (Å²) in [5.41, 5.74) is 1.41. The Morgan fingerprint density at radius 3 is 2.71 bits per heavy atom. The summed E-state index contributed by atoms with van der Waals surface area (Å²) >= 11 is 1.08. The second-order valence-corrected chi connectivity index (χ2v) is 6.70. The van der Waals surface area contributed by atoms with Gasteiger partial charge in [-0.1, -0.05) is 11.8 Å². The third kappa shape index (κ3) is 3.14. The van der Waals surface area contributed by atoms with Crippen LogP contribution in [0.25, 0.3) is 5.78 Å². The van der Waals surface area contributed by atoms with Gasteiger partial charge in [0.05, 0.1) is 10.8 Å². The van der Waals surface area contributed by atoms with Crippen LogP contribution in [-0.2, 0) is 0 Å². The molecule has 5 nitrogen and oxygen atoms in total. The highest BCUT2D eigenvalue weighted by atomic mass is 32.2. The van der Waals surface area contributed by atoms with Crippen molar-refractivity contribution in [2.24, 2.45) is 0 Å². The van der Waals surface area contributed by atoms with E-state index in [0.29, 0.717) is 10.9 Å². The highest BCUT2D eigenvalue weighted by molar-refractivity contribution is 8.00. The first kappa shape index (κ1) is 16.5. The van der Waals surface area contributed by atoms with Crippen LogP contribution < -0.4 is 0 Å². The minimum Gasteiger partial charge on any atom is -0.293 e. The molecule has 124 valence electrons. The van der Waals surface area contributed by atoms with Gasteiger partial charge in [0.1, 0.15) is 11.6 Å². The molecule has 1 aromatic carbocycles. The van der Waals surface area contributed by atoms with E-state index in [4.69, 9.17) is 0 Å². The van der Waals surface area contributed by atoms with Crippen LogP contribution in [0, 0.1) is 25.5 Å². The molecule has 0 saturated carbocycles. The van der Waals surface area contributed by atoms with Crippen LogP contribution in [-0.4, -0.2) is 30.6 Å². The second-order valence-electron chi connectivity index (χ2n) is 5.39. The maximum atomic E-state index is 13.7. The summed E-state index contributed by atoms with van der Waals surface area (Å²) in [5, 5.41) is 3.98. The number of halogens is 2. The lowest BCUT2D eigenvalue weighted by Gasteiger charge is -2.08. The molecule has 0 spiro atoms. The maximum absolute atomic E-state index is 13.7. The first-order valence-corrected chi connectivity index (χ1v) is 8.10. The monoisotopic (exact) mass is 348 g/mol. The van der Waals surface area contributed by atoms with Crippen LogP contribution in [0.3, 0.4) is 0 Å². The molecule has 0 aliphatic carbocycles. The Hall–Kier alpha value is -2.35. The Morgan fingerprint density at radius 2 is 1.96 bits per heavy atom. The summed E-state index contributed by atoms with van der Waals surface area (Å²) in [7, 11) is 0. The van der Waals surface area contributed by atoms with E-state index in [1.165, 1.54) is 0 Å². The number of rotatable bonds is 4. The second kappa shape index (κ2) is 6.27. The lowest BCUT2D eigenvalue weighted by molar-refractivity contribution is 0.0989. The average Bonchev–Trinajstić information content (AvgIpc) is 2.91. The molecule has 2 aromatic heterocycles. The summed E-state index contributed by atoms with van der Waals surface area (Å²) in [5.74, 6) is -1.48. The fourth-order valence-corrected chi connectivity index (χ4v) is 3.13. The van der Waals surface area contributed by atoms with Gasteiger partial charge >= 0.3 is 0 Å². The SMILES string of the molecule is Cc1cc(C)n2nc(SC(C)C(=O)c3cc(F)ccc3F)nc2n1. The molecule has 2 heterocycles. The fourth-order valence-electron chi connectivity index (χ4n) is 2.31. The van der Waals surface area contributed by atoms with E-state index in [2.05, 4.69) is 15.1 Å². The van der Waals surface area contributed by atoms with Crippen LogP contribution in [0.5, 0.6) is 0 Å². The van der Waals surface area contributed by atoms with Crippen LogP contribution in [0.1, 0.15) is 28.7 Å². The predicted molar refractivity (Wildman–Crippen MR) is 86.3 cm³/mol. The van der Waals surface area contributed by atoms with Crippen molar-refractivity contribution in [3.63, 3.8) is 0 Å². The summed E-state index contributed by atoms with van der Waals surface area (Å²) in [4.78, 5) is 20.9. The molecule has 24 heavy (non-hydrogen) atoms. The number of hydrogen-bond acceptors (Lipinski definition) is 5. The van der Waals surface area contributed by atoms with Crippen molar-refractivity contribution in [2.75, 3.05) is 0 Å². The third-order valence-electron chi connectivity index (χ3n) is 3.44. The van der Waals surface area contributed by atoms with Crippen LogP contribution in [0.2, 0.25) is 0 Å². The Labute approximate surface area is 141 Å². The van der Waals surface area contributed by atoms with Gasteiger partial charge in [-0.25, -0.2) is 18.3 Å². The molecule has 8 heteroatoms. The van der Waals surface area contributed by atoms with Gasteiger partial charge in [0.25, 0.3) is 5.78 Å². The van der Waals surface area contributed by atoms with Crippen molar-refractivity contribution in [3.8, 4) is 0 Å². The molecule has 0 aliphatic heterocycles. The van der Waals surface area contributed by atoms with E-state index in [1.54, 1.807) is 11.4 Å². The number of benzene rings is 1. The highest BCUT2D eigenvalue weighted by Gasteiger charge is 2.22. The minimum atomic E-state index is -0.745. The molecule has 0 fully saturated rings. The Bertz CT molecular complexity index is 941. The third-order valence-corrected chi connectivity index (χ3v) is 4.40. The summed E-state index contributed by atoms with van der Waals surface area (Å²) < 4.78 is 28.6. The minimum absolute atomic E-state index is 0.274. The standard InChI is InChI=1S/C16H14F2N4OS/c1-8-6-9(2)22-15(19-8)20-16(21-22)24-10(3)14(23)12-7-11(17)4-5-13(12)18/h4-7,10H,1-3H3. The smallest absolute Gasteiger partial charge is 0.253 e. The van der Waals surface area contributed by atoms with Crippen molar-refractivity contribution < 1.29 is 13.6 Å². The largest absolute Gasteiger partial charge is 0.293 e. The Kier molecular flexibility index (Phi) is 4.31. The van der Waals surface area contributed by atoms with Gasteiger partial charge in [-0.3, -0.25) is 4.79 Å². The van der Waals surface area contributed by atoms with Crippen molar-refractivity contribution in [1.82, 2.24) is 19.6 Å². The van der Waals surface area contributed by atoms with Gasteiger partial charge in [0.15, 0.2) is 5.78 Å². The molecular formula is C16H14F2N4OS. The molecule has 0 aliphatic rings. The molecule has 0 saturated heterocycles. The Morgan fingerprint density at radius 1 is 1.21 bits per heavy atom. The van der Waals surface area contributed by atoms with E-state index in [9.17, 15) is 13.6 Å². The van der Waals surface area contributed by atoms with Gasteiger partial charge in [0.2, 0.25) is 5.16 Å². The van der Waals surface area contributed by atoms with E-state index in [1.807, 2.05) is 19.9 Å². The topological polar surface area (TPSA) is 60.2 Å². The van der Waals surface area contributed by atoms with E-state index >= 15 is 0 Å². The van der Waals surface area contributed by atoms with Crippen molar-refractivity contribution in [1.29, 1.82) is 0 Å². The van der Waals surface area contributed by atoms with Crippen LogP contribution >= 0.6 is 11.8 Å². The number of aryl methyl sites for hydroxylation is 2. The van der Waals surface area contributed by atoms with Gasteiger partial charge in [0, 0.05) is 11.4 Å². The lowest BCUT2D eigenvalue weighted by atomic mass is 10.1. The number of ketones is 1. The van der Waals surface area contributed by atoms with Gasteiger partial charge < -0.3 is 0 Å². The molecule has 1 atom stereocenters. The summed E-state index contributed by atoms with van der Waals surface area (Å²) in [6.45, 7) is 5.34. The first-order valence-electron chi connectivity index (χ1n) is 7.22. The number of nitrogens with zero attached hydrogens (tertiary/aromatic N) is 4. The number of carbonyl (C=O) groups excluding carboxylic acids is 1. The van der Waals surface area contributed by atoms with Crippen molar-refractivity contribution in [2.45, 2.75) is 31.2 Å². The number of thioether (sulfide) groups is 1. The molecule has 0 amide bonds. The van der Waals surface area contributed by atoms with Gasteiger partial charge in [-0.05, 0) is 45.0 Å². The number of aromatic nitrogens is 4. The average molecular weight is 348 g/mol. The van der Waals surface area contributed by atoms with Crippen LogP contribution in [0.15, 0.2) is 29.4 Å². The van der Waals surface area contributed by atoms with Gasteiger partial charge in [-0.2, -0.15) is 4.98 Å². The molecule has 0 N–H and O–H groups in total. The van der Waals surface area contributed by atoms with E-state index in [-0.39, 0.29) is 5.56 Å². The molecule has 3 rings (SSSR count). The first-order chi connectivity index (χ1) is 11.3. The van der Waals surface area contributed by atoms with Crippen molar-refractivity contribution in [3.05, 3.63) is 52.9 Å². The molecule has 1 unspecified atom stereocenters.